The molecule has 5 heteroatoms. The molecular weight excluding hydrogens is 376 g/mol. The zero-order chi connectivity index (χ0) is 22.1. The van der Waals surface area contributed by atoms with E-state index in [9.17, 15) is 9.59 Å². The van der Waals surface area contributed by atoms with Crippen molar-refractivity contribution in [3.8, 4) is 5.75 Å². The number of hydrogen-bond acceptors (Lipinski definition) is 3. The van der Waals surface area contributed by atoms with Gasteiger partial charge in [0.1, 0.15) is 11.8 Å². The molecule has 0 fully saturated rings. The van der Waals surface area contributed by atoms with Gasteiger partial charge in [-0.1, -0.05) is 62.7 Å². The van der Waals surface area contributed by atoms with Gasteiger partial charge in [0.25, 0.3) is 5.91 Å². The van der Waals surface area contributed by atoms with E-state index in [2.05, 4.69) is 19.2 Å². The number of nitrogens with one attached hydrogen (secondary N) is 1. The van der Waals surface area contributed by atoms with Gasteiger partial charge in [-0.25, -0.2) is 0 Å². The van der Waals surface area contributed by atoms with Gasteiger partial charge < -0.3 is 15.0 Å². The molecule has 30 heavy (non-hydrogen) atoms. The summed E-state index contributed by atoms with van der Waals surface area (Å²) in [4.78, 5) is 27.3. The summed E-state index contributed by atoms with van der Waals surface area (Å²) in [6.45, 7) is 10.9. The molecule has 2 rings (SSSR count). The van der Waals surface area contributed by atoms with Crippen LogP contribution >= 0.6 is 0 Å². The van der Waals surface area contributed by atoms with E-state index in [4.69, 9.17) is 4.74 Å². The van der Waals surface area contributed by atoms with Gasteiger partial charge in [0.2, 0.25) is 5.91 Å². The standard InChI is InChI=1S/C25H34N2O3/c1-6-23(25(29)26-7-2)27(16-20-10-8-9-19(5)15-20)24(28)17-30-22-13-11-21(12-14-22)18(3)4/h8-15,18,23H,6-7,16-17H2,1-5H3,(H,26,29)/t23-/m0/s1. The Labute approximate surface area is 180 Å². The monoisotopic (exact) mass is 410 g/mol. The highest BCUT2D eigenvalue weighted by atomic mass is 16.5. The van der Waals surface area contributed by atoms with Crippen molar-refractivity contribution in [2.24, 2.45) is 0 Å². The predicted octanol–water partition coefficient (Wildman–Crippen LogP) is 4.44. The zero-order valence-corrected chi connectivity index (χ0v) is 18.8. The average Bonchev–Trinajstić information content (AvgIpc) is 2.72. The Morgan fingerprint density at radius 2 is 1.77 bits per heavy atom. The third-order valence-corrected chi connectivity index (χ3v) is 5.08. The molecule has 0 heterocycles. The Bertz CT molecular complexity index is 831. The van der Waals surface area contributed by atoms with Crippen LogP contribution in [0.5, 0.6) is 5.75 Å². The molecule has 2 amide bonds. The van der Waals surface area contributed by atoms with E-state index in [1.165, 1.54) is 5.56 Å². The maximum atomic E-state index is 13.1. The maximum Gasteiger partial charge on any atom is 0.261 e. The van der Waals surface area contributed by atoms with Crippen molar-refractivity contribution in [3.05, 3.63) is 65.2 Å². The molecule has 0 aliphatic carbocycles. The summed E-state index contributed by atoms with van der Waals surface area (Å²) in [5, 5.41) is 2.85. The van der Waals surface area contributed by atoms with E-state index in [0.717, 1.165) is 11.1 Å². The number of carbonyl (C=O) groups is 2. The largest absolute Gasteiger partial charge is 0.484 e. The number of rotatable bonds is 10. The molecule has 0 saturated carbocycles. The molecule has 2 aromatic rings. The first kappa shape index (κ1) is 23.5. The highest BCUT2D eigenvalue weighted by Gasteiger charge is 2.28. The van der Waals surface area contributed by atoms with Crippen molar-refractivity contribution in [1.29, 1.82) is 0 Å². The first-order chi connectivity index (χ1) is 14.3. The highest BCUT2D eigenvalue weighted by molar-refractivity contribution is 5.88. The lowest BCUT2D eigenvalue weighted by Gasteiger charge is -2.30. The molecule has 0 aliphatic heterocycles. The van der Waals surface area contributed by atoms with E-state index >= 15 is 0 Å². The van der Waals surface area contributed by atoms with Crippen LogP contribution in [-0.2, 0) is 16.1 Å². The van der Waals surface area contributed by atoms with Crippen LogP contribution in [0.15, 0.2) is 48.5 Å². The number of carbonyl (C=O) groups excluding carboxylic acids is 2. The second-order valence-corrected chi connectivity index (χ2v) is 7.84. The molecule has 0 aromatic heterocycles. The minimum absolute atomic E-state index is 0.108. The lowest BCUT2D eigenvalue weighted by atomic mass is 10.0. The lowest BCUT2D eigenvalue weighted by molar-refractivity contribution is -0.142. The number of benzene rings is 2. The van der Waals surface area contributed by atoms with Gasteiger partial charge in [0.15, 0.2) is 6.61 Å². The van der Waals surface area contributed by atoms with Crippen molar-refractivity contribution in [3.63, 3.8) is 0 Å². The van der Waals surface area contributed by atoms with Crippen molar-refractivity contribution >= 4 is 11.8 Å². The Kier molecular flexibility index (Phi) is 8.90. The van der Waals surface area contributed by atoms with Crippen LogP contribution in [0.2, 0.25) is 0 Å². The number of aryl methyl sites for hydroxylation is 1. The average molecular weight is 411 g/mol. The van der Waals surface area contributed by atoms with Gasteiger partial charge in [0.05, 0.1) is 0 Å². The maximum absolute atomic E-state index is 13.1. The molecule has 0 unspecified atom stereocenters. The van der Waals surface area contributed by atoms with Gasteiger partial charge in [-0.05, 0) is 49.4 Å². The first-order valence-electron chi connectivity index (χ1n) is 10.7. The molecule has 5 nitrogen and oxygen atoms in total. The number of hydrogen-bond donors (Lipinski definition) is 1. The van der Waals surface area contributed by atoms with Gasteiger partial charge in [-0.2, -0.15) is 0 Å². The van der Waals surface area contributed by atoms with Gasteiger partial charge in [-0.15, -0.1) is 0 Å². The predicted molar refractivity (Wildman–Crippen MR) is 121 cm³/mol. The Morgan fingerprint density at radius 1 is 1.07 bits per heavy atom. The summed E-state index contributed by atoms with van der Waals surface area (Å²) >= 11 is 0. The summed E-state index contributed by atoms with van der Waals surface area (Å²) in [6.07, 6.45) is 0.534. The Morgan fingerprint density at radius 3 is 2.33 bits per heavy atom. The van der Waals surface area contributed by atoms with E-state index in [-0.39, 0.29) is 18.4 Å². The number of likely N-dealkylation sites (N-methyl/N-ethyl adjacent to an activating group) is 1. The fourth-order valence-electron chi connectivity index (χ4n) is 3.40. The van der Waals surface area contributed by atoms with Crippen molar-refractivity contribution in [2.75, 3.05) is 13.2 Å². The van der Waals surface area contributed by atoms with E-state index in [1.807, 2.05) is 69.3 Å². The smallest absolute Gasteiger partial charge is 0.261 e. The second kappa shape index (κ2) is 11.4. The van der Waals surface area contributed by atoms with Crippen LogP contribution in [0.1, 0.15) is 56.7 Å². The normalized spacial score (nSPS) is 11.8. The highest BCUT2D eigenvalue weighted by Crippen LogP contribution is 2.19. The van der Waals surface area contributed by atoms with Crippen LogP contribution in [0.4, 0.5) is 0 Å². The molecule has 0 bridgehead atoms. The van der Waals surface area contributed by atoms with Gasteiger partial charge in [0, 0.05) is 13.1 Å². The van der Waals surface area contributed by atoms with Crippen LogP contribution in [0.25, 0.3) is 0 Å². The van der Waals surface area contributed by atoms with Crippen LogP contribution in [0, 0.1) is 6.92 Å². The summed E-state index contributed by atoms with van der Waals surface area (Å²) in [5.41, 5.74) is 3.33. The lowest BCUT2D eigenvalue weighted by Crippen LogP contribution is -2.50. The molecule has 162 valence electrons. The zero-order valence-electron chi connectivity index (χ0n) is 18.8. The van der Waals surface area contributed by atoms with E-state index in [0.29, 0.717) is 31.2 Å². The second-order valence-electron chi connectivity index (χ2n) is 7.84. The number of amides is 2. The topological polar surface area (TPSA) is 58.6 Å². The number of ether oxygens (including phenoxy) is 1. The molecule has 0 saturated heterocycles. The molecule has 1 atom stereocenters. The summed E-state index contributed by atoms with van der Waals surface area (Å²) in [6, 6.07) is 15.2. The van der Waals surface area contributed by atoms with E-state index in [1.54, 1.807) is 4.90 Å². The molecule has 0 spiro atoms. The van der Waals surface area contributed by atoms with Crippen LogP contribution in [0.3, 0.4) is 0 Å². The van der Waals surface area contributed by atoms with Gasteiger partial charge >= 0.3 is 0 Å². The van der Waals surface area contributed by atoms with Crippen molar-refractivity contribution in [1.82, 2.24) is 10.2 Å². The minimum Gasteiger partial charge on any atom is -0.484 e. The number of nitrogens with zero attached hydrogens (tertiary/aromatic N) is 1. The van der Waals surface area contributed by atoms with Crippen molar-refractivity contribution < 1.29 is 14.3 Å². The molecule has 0 radical (unpaired) electrons. The molecule has 2 aromatic carbocycles. The van der Waals surface area contributed by atoms with Crippen LogP contribution < -0.4 is 10.1 Å². The van der Waals surface area contributed by atoms with Crippen LogP contribution in [-0.4, -0.2) is 35.9 Å². The molecular formula is C25H34N2O3. The van der Waals surface area contributed by atoms with Crippen molar-refractivity contribution in [2.45, 2.75) is 59.5 Å². The molecule has 1 N–H and O–H groups in total. The Balaban J connectivity index is 2.16. The quantitative estimate of drug-likeness (QED) is 0.630. The first-order valence-corrected chi connectivity index (χ1v) is 10.7. The fourth-order valence-corrected chi connectivity index (χ4v) is 3.40. The third kappa shape index (κ3) is 6.61. The molecule has 0 aliphatic rings. The third-order valence-electron chi connectivity index (χ3n) is 5.08. The minimum atomic E-state index is -0.537. The summed E-state index contributed by atoms with van der Waals surface area (Å²) in [7, 11) is 0. The SMILES string of the molecule is CCNC(=O)[C@H](CC)N(Cc1cccc(C)c1)C(=O)COc1ccc(C(C)C)cc1. The summed E-state index contributed by atoms with van der Waals surface area (Å²) in [5.74, 6) is 0.743. The fraction of sp³-hybridized carbons (Fsp3) is 0.440. The van der Waals surface area contributed by atoms with E-state index < -0.39 is 6.04 Å². The van der Waals surface area contributed by atoms with Gasteiger partial charge in [-0.3, -0.25) is 9.59 Å². The Hall–Kier alpha value is -2.82. The summed E-state index contributed by atoms with van der Waals surface area (Å²) < 4.78 is 5.76.